The number of anilines is 2. The van der Waals surface area contributed by atoms with Crippen LogP contribution >= 0.6 is 0 Å². The highest BCUT2D eigenvalue weighted by Gasteiger charge is 2.18. The Bertz CT molecular complexity index is 1180. The maximum absolute atomic E-state index is 12.9. The van der Waals surface area contributed by atoms with Gasteiger partial charge in [0.25, 0.3) is 5.91 Å². The monoisotopic (exact) mass is 464 g/mol. The van der Waals surface area contributed by atoms with E-state index in [1.807, 2.05) is 45.0 Å². The third-order valence-electron chi connectivity index (χ3n) is 6.54. The van der Waals surface area contributed by atoms with E-state index in [0.717, 1.165) is 56.1 Å². The molecule has 180 valence electrons. The van der Waals surface area contributed by atoms with Crippen LogP contribution in [0.2, 0.25) is 0 Å². The zero-order valence-corrected chi connectivity index (χ0v) is 19.9. The average Bonchev–Trinajstić information content (AvgIpc) is 3.03. The van der Waals surface area contributed by atoms with E-state index >= 15 is 0 Å². The van der Waals surface area contributed by atoms with Crippen molar-refractivity contribution in [3.8, 4) is 5.69 Å². The van der Waals surface area contributed by atoms with E-state index in [1.54, 1.807) is 26.9 Å². The summed E-state index contributed by atoms with van der Waals surface area (Å²) in [4.78, 5) is 29.1. The van der Waals surface area contributed by atoms with Crippen molar-refractivity contribution in [1.82, 2.24) is 19.8 Å². The lowest BCUT2D eigenvalue weighted by Crippen LogP contribution is -2.30. The number of benzene rings is 2. The molecule has 0 saturated carbocycles. The lowest BCUT2D eigenvalue weighted by Gasteiger charge is -2.25. The predicted octanol–water partition coefficient (Wildman–Crippen LogP) is 3.15. The van der Waals surface area contributed by atoms with Crippen LogP contribution in [0.1, 0.15) is 48.9 Å². The lowest BCUT2D eigenvalue weighted by molar-refractivity contribution is 0.0706. The summed E-state index contributed by atoms with van der Waals surface area (Å²) in [5.74, 6) is 0.174. The number of nitrogens with zero attached hydrogens (tertiary/aromatic N) is 5. The molecule has 4 rings (SSSR count). The Morgan fingerprint density at radius 3 is 2.03 bits per heavy atom. The first-order valence-electron chi connectivity index (χ1n) is 11.8. The number of nitrogens with one attached hydrogen (secondary N) is 1. The Balaban J connectivity index is 1.46. The van der Waals surface area contributed by atoms with Crippen LogP contribution in [-0.2, 0) is 0 Å². The third kappa shape index (κ3) is 4.70. The van der Waals surface area contributed by atoms with E-state index in [0.29, 0.717) is 11.4 Å². The van der Waals surface area contributed by atoms with Crippen LogP contribution in [0, 0.1) is 6.92 Å². The molecule has 2 heterocycles. The van der Waals surface area contributed by atoms with Crippen molar-refractivity contribution in [2.75, 3.05) is 36.0 Å². The standard InChI is InChI=1S/C25H32N6O3/c1-4-18(2)31-25(33)30(19(3)26-31)23-12-10-22(11-13-23)29-15-5-14-28(16-17-29)21-8-6-20(7-9-21)24(32)27-34/h6-13,18,34H,4-5,14-17H2,1-3H3,(H,27,32). The molecule has 2 N–H and O–H groups in total. The van der Waals surface area contributed by atoms with Crippen molar-refractivity contribution in [3.05, 3.63) is 70.4 Å². The topological polar surface area (TPSA) is 95.6 Å². The number of aromatic nitrogens is 3. The predicted molar refractivity (Wildman–Crippen MR) is 132 cm³/mol. The summed E-state index contributed by atoms with van der Waals surface area (Å²) in [7, 11) is 0. The molecule has 9 heteroatoms. The van der Waals surface area contributed by atoms with Gasteiger partial charge in [0.2, 0.25) is 0 Å². The van der Waals surface area contributed by atoms with Gasteiger partial charge in [-0.05, 0) is 75.2 Å². The van der Waals surface area contributed by atoms with Crippen molar-refractivity contribution in [2.45, 2.75) is 39.7 Å². The molecule has 0 radical (unpaired) electrons. The molecule has 0 spiro atoms. The average molecular weight is 465 g/mol. The van der Waals surface area contributed by atoms with Crippen LogP contribution in [-0.4, -0.2) is 51.6 Å². The number of aryl methyl sites for hydroxylation is 1. The molecule has 2 aromatic carbocycles. The summed E-state index contributed by atoms with van der Waals surface area (Å²) in [6.45, 7) is 9.49. The van der Waals surface area contributed by atoms with Gasteiger partial charge in [0.1, 0.15) is 5.82 Å². The summed E-state index contributed by atoms with van der Waals surface area (Å²) in [6.07, 6.45) is 1.85. The van der Waals surface area contributed by atoms with Gasteiger partial charge in [0.05, 0.1) is 11.7 Å². The Hall–Kier alpha value is -3.59. The van der Waals surface area contributed by atoms with Gasteiger partial charge in [-0.15, -0.1) is 0 Å². The van der Waals surface area contributed by atoms with E-state index in [1.165, 1.54) is 0 Å². The van der Waals surface area contributed by atoms with Gasteiger partial charge < -0.3 is 9.80 Å². The number of hydroxylamine groups is 1. The molecule has 1 unspecified atom stereocenters. The molecule has 1 aliphatic heterocycles. The molecule has 1 amide bonds. The second kappa shape index (κ2) is 10.1. The van der Waals surface area contributed by atoms with E-state index in [9.17, 15) is 9.59 Å². The first kappa shape index (κ1) is 23.6. The SMILES string of the molecule is CCC(C)n1nc(C)n(-c2ccc(N3CCCN(c4ccc(C(=O)NO)cc4)CC3)cc2)c1=O. The number of amides is 1. The first-order chi connectivity index (χ1) is 16.4. The van der Waals surface area contributed by atoms with E-state index in [2.05, 4.69) is 27.0 Å². The van der Waals surface area contributed by atoms with Gasteiger partial charge in [-0.1, -0.05) is 6.92 Å². The van der Waals surface area contributed by atoms with Crippen molar-refractivity contribution >= 4 is 17.3 Å². The normalized spacial score (nSPS) is 15.2. The zero-order chi connectivity index (χ0) is 24.2. The van der Waals surface area contributed by atoms with Crippen LogP contribution in [0.15, 0.2) is 53.3 Å². The molecule has 1 saturated heterocycles. The second-order valence-corrected chi connectivity index (χ2v) is 8.70. The van der Waals surface area contributed by atoms with Gasteiger partial charge in [-0.2, -0.15) is 5.10 Å². The summed E-state index contributed by atoms with van der Waals surface area (Å²) < 4.78 is 3.23. The maximum atomic E-state index is 12.9. The van der Waals surface area contributed by atoms with Crippen LogP contribution in [0.25, 0.3) is 5.69 Å². The van der Waals surface area contributed by atoms with Crippen molar-refractivity contribution in [1.29, 1.82) is 0 Å². The fourth-order valence-electron chi connectivity index (χ4n) is 4.38. The highest BCUT2D eigenvalue weighted by molar-refractivity contribution is 5.93. The summed E-state index contributed by atoms with van der Waals surface area (Å²) in [6, 6.07) is 15.4. The smallest absolute Gasteiger partial charge is 0.350 e. The largest absolute Gasteiger partial charge is 0.370 e. The molecule has 9 nitrogen and oxygen atoms in total. The van der Waals surface area contributed by atoms with Crippen molar-refractivity contribution in [3.63, 3.8) is 0 Å². The minimum atomic E-state index is -0.512. The number of hydrogen-bond donors (Lipinski definition) is 2. The summed E-state index contributed by atoms with van der Waals surface area (Å²) in [5, 5.41) is 13.2. The summed E-state index contributed by atoms with van der Waals surface area (Å²) in [5.41, 5.74) is 4.98. The minimum absolute atomic E-state index is 0.0646. The molecule has 3 aromatic rings. The number of carbonyl (C=O) groups excluding carboxylic acids is 1. The highest BCUT2D eigenvalue weighted by Crippen LogP contribution is 2.22. The van der Waals surface area contributed by atoms with Gasteiger partial charge >= 0.3 is 5.69 Å². The molecule has 0 aliphatic carbocycles. The summed E-state index contributed by atoms with van der Waals surface area (Å²) >= 11 is 0. The number of rotatable bonds is 6. The molecule has 34 heavy (non-hydrogen) atoms. The number of carbonyl (C=O) groups is 1. The quantitative estimate of drug-likeness (QED) is 0.430. The van der Waals surface area contributed by atoms with Gasteiger partial charge in [-0.25, -0.2) is 19.5 Å². The molecule has 1 aliphatic rings. The van der Waals surface area contributed by atoms with Gasteiger partial charge in [0, 0.05) is 43.1 Å². The molecule has 0 bridgehead atoms. The third-order valence-corrected chi connectivity index (χ3v) is 6.54. The zero-order valence-electron chi connectivity index (χ0n) is 19.9. The Morgan fingerprint density at radius 2 is 1.50 bits per heavy atom. The van der Waals surface area contributed by atoms with E-state index in [-0.39, 0.29) is 11.7 Å². The Morgan fingerprint density at radius 1 is 0.971 bits per heavy atom. The second-order valence-electron chi connectivity index (χ2n) is 8.70. The van der Waals surface area contributed by atoms with Gasteiger partial charge in [-0.3, -0.25) is 10.0 Å². The van der Waals surface area contributed by atoms with Crippen LogP contribution in [0.4, 0.5) is 11.4 Å². The van der Waals surface area contributed by atoms with Crippen molar-refractivity contribution < 1.29 is 10.0 Å². The van der Waals surface area contributed by atoms with Crippen LogP contribution < -0.4 is 21.0 Å². The van der Waals surface area contributed by atoms with E-state index < -0.39 is 5.91 Å². The first-order valence-corrected chi connectivity index (χ1v) is 11.8. The fourth-order valence-corrected chi connectivity index (χ4v) is 4.38. The fraction of sp³-hybridized carbons (Fsp3) is 0.400. The highest BCUT2D eigenvalue weighted by atomic mass is 16.5. The van der Waals surface area contributed by atoms with Crippen molar-refractivity contribution in [2.24, 2.45) is 0 Å². The molecule has 1 aromatic heterocycles. The Kier molecular flexibility index (Phi) is 7.02. The minimum Gasteiger partial charge on any atom is -0.370 e. The Labute approximate surface area is 199 Å². The molecular weight excluding hydrogens is 432 g/mol. The van der Waals surface area contributed by atoms with E-state index in [4.69, 9.17) is 5.21 Å². The molecule has 1 fully saturated rings. The molecule has 1 atom stereocenters. The van der Waals surface area contributed by atoms with Crippen LogP contribution in [0.5, 0.6) is 0 Å². The van der Waals surface area contributed by atoms with Crippen LogP contribution in [0.3, 0.4) is 0 Å². The molecular formula is C25H32N6O3. The maximum Gasteiger partial charge on any atom is 0.350 e. The van der Waals surface area contributed by atoms with Gasteiger partial charge in [0.15, 0.2) is 0 Å². The lowest BCUT2D eigenvalue weighted by atomic mass is 10.2. The number of hydrogen-bond acceptors (Lipinski definition) is 6.